The Bertz CT molecular complexity index is 311. The summed E-state index contributed by atoms with van der Waals surface area (Å²) in [6.07, 6.45) is 1.39. The van der Waals surface area contributed by atoms with Gasteiger partial charge < -0.3 is 9.84 Å². The summed E-state index contributed by atoms with van der Waals surface area (Å²) in [6, 6.07) is 6.86. The second-order valence-electron chi connectivity index (χ2n) is 2.43. The average molecular weight is 178 g/mol. The second kappa shape index (κ2) is 4.30. The van der Waals surface area contributed by atoms with E-state index in [1.807, 2.05) is 0 Å². The monoisotopic (exact) mass is 178 g/mol. The fourth-order valence-corrected chi connectivity index (χ4v) is 0.956. The smallest absolute Gasteiger partial charge is 0.153 e. The Hall–Kier alpha value is -1.77. The molecule has 0 unspecified atom stereocenters. The molecule has 0 fully saturated rings. The van der Waals surface area contributed by atoms with Crippen molar-refractivity contribution in [2.75, 3.05) is 7.11 Å². The van der Waals surface area contributed by atoms with Crippen molar-refractivity contribution in [2.24, 2.45) is 0 Å². The number of allylic oxidation sites excluding steroid dienone is 1. The molecule has 1 N–H and O–H groups in total. The highest BCUT2D eigenvalue weighted by Crippen LogP contribution is 2.16. The van der Waals surface area contributed by atoms with Gasteiger partial charge in [0.05, 0.1) is 18.9 Å². The van der Waals surface area contributed by atoms with E-state index < -0.39 is 0 Å². The Balaban J connectivity index is 2.97. The van der Waals surface area contributed by atoms with Crippen molar-refractivity contribution < 1.29 is 14.6 Å². The fraction of sp³-hybridized carbons (Fsp3) is 0.100. The number of methoxy groups -OCH3 is 1. The minimum atomic E-state index is 0.252. The molecule has 3 heteroatoms. The number of hydrogen-bond donors (Lipinski definition) is 1. The summed E-state index contributed by atoms with van der Waals surface area (Å²) in [5.41, 5.74) is 0.918. The number of aliphatic hydroxyl groups excluding tert-OH is 1. The highest BCUT2D eigenvalue weighted by molar-refractivity contribution is 6.06. The van der Waals surface area contributed by atoms with E-state index in [2.05, 4.69) is 0 Å². The molecule has 0 bridgehead atoms. The molecule has 1 rings (SSSR count). The lowest BCUT2D eigenvalue weighted by atomic mass is 10.1. The van der Waals surface area contributed by atoms with Gasteiger partial charge in [-0.05, 0) is 17.7 Å². The van der Waals surface area contributed by atoms with Crippen molar-refractivity contribution in [2.45, 2.75) is 0 Å². The standard InChI is InChI=1S/C10H10O3/c1-13-10-4-2-8(3-5-10)9(6-11)7-12/h2-7,11H,1H3/b9-6-. The molecule has 0 spiro atoms. The van der Waals surface area contributed by atoms with Gasteiger partial charge in [0.2, 0.25) is 0 Å². The third-order valence-corrected chi connectivity index (χ3v) is 1.69. The topological polar surface area (TPSA) is 46.5 Å². The molecule has 0 saturated carbocycles. The summed E-state index contributed by atoms with van der Waals surface area (Å²) < 4.78 is 4.95. The minimum Gasteiger partial charge on any atom is -0.515 e. The molecule has 3 nitrogen and oxygen atoms in total. The van der Waals surface area contributed by atoms with Crippen molar-refractivity contribution >= 4 is 11.9 Å². The van der Waals surface area contributed by atoms with Gasteiger partial charge in [-0.3, -0.25) is 4.79 Å². The van der Waals surface area contributed by atoms with Crippen LogP contribution in [0.4, 0.5) is 0 Å². The predicted molar refractivity (Wildman–Crippen MR) is 49.7 cm³/mol. The van der Waals surface area contributed by atoms with Crippen LogP contribution in [0, 0.1) is 0 Å². The number of carbonyl (C=O) groups excluding carboxylic acids is 1. The van der Waals surface area contributed by atoms with E-state index in [0.717, 1.165) is 6.26 Å². The molecule has 0 atom stereocenters. The molecule has 0 saturated heterocycles. The van der Waals surface area contributed by atoms with Gasteiger partial charge in [-0.1, -0.05) is 12.1 Å². The summed E-state index contributed by atoms with van der Waals surface area (Å²) in [7, 11) is 1.57. The molecular formula is C10H10O3. The van der Waals surface area contributed by atoms with Gasteiger partial charge in [0, 0.05) is 0 Å². The van der Waals surface area contributed by atoms with Crippen LogP contribution in [0.5, 0.6) is 5.75 Å². The Kier molecular flexibility index (Phi) is 3.09. The first-order chi connectivity index (χ1) is 6.31. The number of ether oxygens (including phenoxy) is 1. The van der Waals surface area contributed by atoms with E-state index in [1.165, 1.54) is 0 Å². The van der Waals surface area contributed by atoms with Gasteiger partial charge in [0.1, 0.15) is 5.75 Å². The number of benzene rings is 1. The number of aldehydes is 1. The Labute approximate surface area is 76.3 Å². The maximum atomic E-state index is 10.4. The fourth-order valence-electron chi connectivity index (χ4n) is 0.956. The van der Waals surface area contributed by atoms with E-state index in [-0.39, 0.29) is 5.57 Å². The molecule has 0 aromatic heterocycles. The van der Waals surface area contributed by atoms with Crippen LogP contribution < -0.4 is 4.74 Å². The van der Waals surface area contributed by atoms with Crippen LogP contribution in [0.3, 0.4) is 0 Å². The van der Waals surface area contributed by atoms with Crippen LogP contribution in [0.1, 0.15) is 5.56 Å². The molecule has 1 aromatic rings. The SMILES string of the molecule is COc1ccc(/C(C=O)=C\O)cc1. The predicted octanol–water partition coefficient (Wildman–Crippen LogP) is 1.79. The van der Waals surface area contributed by atoms with Gasteiger partial charge >= 0.3 is 0 Å². The summed E-state index contributed by atoms with van der Waals surface area (Å²) in [6.45, 7) is 0. The van der Waals surface area contributed by atoms with Crippen LogP contribution in [0.2, 0.25) is 0 Å². The maximum Gasteiger partial charge on any atom is 0.153 e. The summed E-state index contributed by atoms with van der Waals surface area (Å²) in [5.74, 6) is 0.715. The number of aliphatic hydroxyl groups is 1. The lowest BCUT2D eigenvalue weighted by Crippen LogP contribution is -1.87. The molecule has 0 aliphatic heterocycles. The van der Waals surface area contributed by atoms with Crippen molar-refractivity contribution in [3.05, 3.63) is 36.1 Å². The Morgan fingerprint density at radius 3 is 2.38 bits per heavy atom. The highest BCUT2D eigenvalue weighted by atomic mass is 16.5. The Morgan fingerprint density at radius 2 is 2.00 bits per heavy atom. The van der Waals surface area contributed by atoms with E-state index in [4.69, 9.17) is 9.84 Å². The zero-order valence-electron chi connectivity index (χ0n) is 7.23. The average Bonchev–Trinajstić information content (AvgIpc) is 2.21. The Morgan fingerprint density at radius 1 is 1.38 bits per heavy atom. The molecule has 0 amide bonds. The van der Waals surface area contributed by atoms with Crippen molar-refractivity contribution in [1.82, 2.24) is 0 Å². The number of rotatable bonds is 3. The highest BCUT2D eigenvalue weighted by Gasteiger charge is 1.99. The van der Waals surface area contributed by atoms with Gasteiger partial charge in [0.15, 0.2) is 6.29 Å². The first kappa shape index (κ1) is 9.32. The van der Waals surface area contributed by atoms with Crippen LogP contribution in [0.15, 0.2) is 30.5 Å². The quantitative estimate of drug-likeness (QED) is 0.436. The van der Waals surface area contributed by atoms with Gasteiger partial charge in [-0.25, -0.2) is 0 Å². The second-order valence-corrected chi connectivity index (χ2v) is 2.43. The summed E-state index contributed by atoms with van der Waals surface area (Å²) in [5, 5.41) is 8.68. The molecule has 1 aromatic carbocycles. The molecular weight excluding hydrogens is 168 g/mol. The lowest BCUT2D eigenvalue weighted by molar-refractivity contribution is -0.103. The minimum absolute atomic E-state index is 0.252. The van der Waals surface area contributed by atoms with Gasteiger partial charge in [0.25, 0.3) is 0 Å². The zero-order chi connectivity index (χ0) is 9.68. The van der Waals surface area contributed by atoms with Crippen LogP contribution in [0.25, 0.3) is 5.57 Å². The molecule has 0 heterocycles. The zero-order valence-corrected chi connectivity index (χ0v) is 7.23. The van der Waals surface area contributed by atoms with Crippen LogP contribution >= 0.6 is 0 Å². The summed E-state index contributed by atoms with van der Waals surface area (Å²) in [4.78, 5) is 10.4. The molecule has 0 aliphatic rings. The summed E-state index contributed by atoms with van der Waals surface area (Å²) >= 11 is 0. The number of hydrogen-bond acceptors (Lipinski definition) is 3. The normalized spacial score (nSPS) is 11.0. The first-order valence-corrected chi connectivity index (χ1v) is 3.75. The van der Waals surface area contributed by atoms with Crippen LogP contribution in [-0.4, -0.2) is 18.5 Å². The maximum absolute atomic E-state index is 10.4. The first-order valence-electron chi connectivity index (χ1n) is 3.75. The molecule has 0 aliphatic carbocycles. The van der Waals surface area contributed by atoms with E-state index in [0.29, 0.717) is 17.6 Å². The van der Waals surface area contributed by atoms with Crippen molar-refractivity contribution in [3.63, 3.8) is 0 Å². The van der Waals surface area contributed by atoms with E-state index >= 15 is 0 Å². The van der Waals surface area contributed by atoms with Crippen LogP contribution in [-0.2, 0) is 4.79 Å². The lowest BCUT2D eigenvalue weighted by Gasteiger charge is -2.01. The molecule has 68 valence electrons. The third-order valence-electron chi connectivity index (χ3n) is 1.69. The molecule has 0 radical (unpaired) electrons. The van der Waals surface area contributed by atoms with Crippen molar-refractivity contribution in [3.8, 4) is 5.75 Å². The van der Waals surface area contributed by atoms with Gasteiger partial charge in [-0.2, -0.15) is 0 Å². The van der Waals surface area contributed by atoms with E-state index in [1.54, 1.807) is 31.4 Å². The third kappa shape index (κ3) is 2.08. The number of carbonyl (C=O) groups is 1. The van der Waals surface area contributed by atoms with Gasteiger partial charge in [-0.15, -0.1) is 0 Å². The van der Waals surface area contributed by atoms with E-state index in [9.17, 15) is 4.79 Å². The largest absolute Gasteiger partial charge is 0.515 e. The van der Waals surface area contributed by atoms with Crippen molar-refractivity contribution in [1.29, 1.82) is 0 Å². The molecule has 13 heavy (non-hydrogen) atoms.